The molecule has 1 atom stereocenters. The molecule has 6 nitrogen and oxygen atoms in total. The van der Waals surface area contributed by atoms with Gasteiger partial charge in [-0.25, -0.2) is 0 Å². The van der Waals surface area contributed by atoms with Gasteiger partial charge in [0, 0.05) is 13.1 Å². The van der Waals surface area contributed by atoms with E-state index in [-0.39, 0.29) is 31.4 Å². The molecule has 6 heteroatoms. The van der Waals surface area contributed by atoms with Crippen molar-refractivity contribution in [2.75, 3.05) is 26.8 Å². The van der Waals surface area contributed by atoms with Gasteiger partial charge in [-0.15, -0.1) is 0 Å². The number of carbonyl (C=O) groups is 2. The summed E-state index contributed by atoms with van der Waals surface area (Å²) in [6.45, 7) is 1.79. The van der Waals surface area contributed by atoms with Crippen molar-refractivity contribution in [1.82, 2.24) is 4.90 Å². The number of carbonyl (C=O) groups excluding carboxylic acids is 2. The second-order valence-electron chi connectivity index (χ2n) is 3.88. The molecule has 0 fully saturated rings. The summed E-state index contributed by atoms with van der Waals surface area (Å²) >= 11 is 0. The van der Waals surface area contributed by atoms with E-state index in [1.165, 1.54) is 24.3 Å². The zero-order valence-electron chi connectivity index (χ0n) is 10.5. The molecule has 0 saturated heterocycles. The van der Waals surface area contributed by atoms with E-state index in [2.05, 4.69) is 4.74 Å². The van der Waals surface area contributed by atoms with Crippen LogP contribution < -0.4 is 0 Å². The van der Waals surface area contributed by atoms with Crippen molar-refractivity contribution in [3.8, 4) is 0 Å². The van der Waals surface area contributed by atoms with E-state index < -0.39 is 11.9 Å². The fraction of sp³-hybridized carbons (Fsp3) is 0.500. The van der Waals surface area contributed by atoms with Crippen molar-refractivity contribution in [1.29, 1.82) is 0 Å². The highest BCUT2D eigenvalue weighted by molar-refractivity contribution is 5.91. The lowest BCUT2D eigenvalue weighted by atomic mass is 10.1. The van der Waals surface area contributed by atoms with Crippen LogP contribution in [0, 0.1) is 5.92 Å². The molecule has 1 aromatic heterocycles. The van der Waals surface area contributed by atoms with Gasteiger partial charge in [-0.3, -0.25) is 9.59 Å². The minimum Gasteiger partial charge on any atom is -0.469 e. The Morgan fingerprint density at radius 2 is 2.28 bits per heavy atom. The first-order valence-corrected chi connectivity index (χ1v) is 5.61. The van der Waals surface area contributed by atoms with Crippen molar-refractivity contribution < 1.29 is 23.8 Å². The molecule has 1 N–H and O–H groups in total. The minimum absolute atomic E-state index is 0.140. The van der Waals surface area contributed by atoms with E-state index in [4.69, 9.17) is 9.52 Å². The first-order valence-electron chi connectivity index (χ1n) is 5.61. The lowest BCUT2D eigenvalue weighted by molar-refractivity contribution is -0.145. The highest BCUT2D eigenvalue weighted by Crippen LogP contribution is 2.09. The first-order chi connectivity index (χ1) is 8.60. The van der Waals surface area contributed by atoms with Crippen LogP contribution in [0.2, 0.25) is 0 Å². The van der Waals surface area contributed by atoms with E-state index >= 15 is 0 Å². The zero-order valence-corrected chi connectivity index (χ0v) is 10.5. The predicted octanol–water partition coefficient (Wildman–Crippen LogP) is 0.523. The summed E-state index contributed by atoms with van der Waals surface area (Å²) in [5.41, 5.74) is 0. The second kappa shape index (κ2) is 6.80. The Morgan fingerprint density at radius 1 is 1.56 bits per heavy atom. The smallest absolute Gasteiger partial charge is 0.310 e. The van der Waals surface area contributed by atoms with Crippen LogP contribution in [0.3, 0.4) is 0 Å². The topological polar surface area (TPSA) is 80.0 Å². The molecule has 1 amide bonds. The molecule has 0 bridgehead atoms. The van der Waals surface area contributed by atoms with Crippen LogP contribution in [-0.2, 0) is 9.53 Å². The molecule has 1 aromatic rings. The summed E-state index contributed by atoms with van der Waals surface area (Å²) in [5, 5.41) is 8.95. The molecule has 0 aliphatic carbocycles. The third-order valence-electron chi connectivity index (χ3n) is 2.49. The summed E-state index contributed by atoms with van der Waals surface area (Å²) in [4.78, 5) is 24.7. The van der Waals surface area contributed by atoms with Crippen LogP contribution in [0.15, 0.2) is 22.8 Å². The molecule has 1 heterocycles. The van der Waals surface area contributed by atoms with Crippen molar-refractivity contribution in [2.45, 2.75) is 6.92 Å². The lowest BCUT2D eigenvalue weighted by Gasteiger charge is -2.23. The number of nitrogens with zero attached hydrogens (tertiary/aromatic N) is 1. The van der Waals surface area contributed by atoms with Gasteiger partial charge in [0.1, 0.15) is 0 Å². The molecule has 100 valence electrons. The molecule has 0 aliphatic rings. The molecule has 1 rings (SSSR count). The van der Waals surface area contributed by atoms with Crippen LogP contribution in [0.25, 0.3) is 0 Å². The standard InChI is InChI=1S/C12H17NO5/c1-9(12(16)17-2)8-13(5-6-14)11(15)10-4-3-7-18-10/h3-4,7,9,14H,5-6,8H2,1-2H3. The highest BCUT2D eigenvalue weighted by Gasteiger charge is 2.23. The van der Waals surface area contributed by atoms with Gasteiger partial charge in [0.15, 0.2) is 5.76 Å². The second-order valence-corrected chi connectivity index (χ2v) is 3.88. The Labute approximate surface area is 105 Å². The summed E-state index contributed by atoms with van der Waals surface area (Å²) in [5.74, 6) is -1.03. The average Bonchev–Trinajstić information content (AvgIpc) is 2.90. The van der Waals surface area contributed by atoms with Crippen LogP contribution in [0.1, 0.15) is 17.5 Å². The maximum absolute atomic E-state index is 12.0. The highest BCUT2D eigenvalue weighted by atomic mass is 16.5. The third-order valence-corrected chi connectivity index (χ3v) is 2.49. The van der Waals surface area contributed by atoms with Gasteiger partial charge in [-0.05, 0) is 12.1 Å². The van der Waals surface area contributed by atoms with Gasteiger partial charge in [-0.2, -0.15) is 0 Å². The van der Waals surface area contributed by atoms with Crippen LogP contribution in [0.5, 0.6) is 0 Å². The number of furan rings is 1. The summed E-state index contributed by atoms with van der Waals surface area (Å²) in [6.07, 6.45) is 1.40. The van der Waals surface area contributed by atoms with Gasteiger partial charge in [0.05, 0.1) is 25.9 Å². The molecular weight excluding hydrogens is 238 g/mol. The molecule has 1 unspecified atom stereocenters. The third kappa shape index (κ3) is 3.59. The van der Waals surface area contributed by atoms with E-state index in [0.717, 1.165) is 0 Å². The van der Waals surface area contributed by atoms with Crippen molar-refractivity contribution >= 4 is 11.9 Å². The van der Waals surface area contributed by atoms with Crippen LogP contribution in [-0.4, -0.2) is 48.7 Å². The summed E-state index contributed by atoms with van der Waals surface area (Å²) < 4.78 is 9.60. The van der Waals surface area contributed by atoms with Crippen LogP contribution >= 0.6 is 0 Å². The molecule has 0 aromatic carbocycles. The van der Waals surface area contributed by atoms with E-state index in [1.54, 1.807) is 13.0 Å². The number of aliphatic hydroxyl groups is 1. The number of hydrogen-bond acceptors (Lipinski definition) is 5. The zero-order chi connectivity index (χ0) is 13.5. The maximum atomic E-state index is 12.0. The van der Waals surface area contributed by atoms with E-state index in [0.29, 0.717) is 0 Å². The monoisotopic (exact) mass is 255 g/mol. The molecular formula is C12H17NO5. The van der Waals surface area contributed by atoms with Gasteiger partial charge >= 0.3 is 5.97 Å². The molecule has 0 radical (unpaired) electrons. The van der Waals surface area contributed by atoms with Gasteiger partial charge < -0.3 is 19.2 Å². The number of methoxy groups -OCH3 is 1. The van der Waals surface area contributed by atoms with E-state index in [9.17, 15) is 9.59 Å². The Morgan fingerprint density at radius 3 is 2.78 bits per heavy atom. The molecule has 18 heavy (non-hydrogen) atoms. The van der Waals surface area contributed by atoms with Gasteiger partial charge in [0.2, 0.25) is 0 Å². The Hall–Kier alpha value is -1.82. The number of ether oxygens (including phenoxy) is 1. The molecule has 0 saturated carbocycles. The van der Waals surface area contributed by atoms with Gasteiger partial charge in [-0.1, -0.05) is 6.92 Å². The predicted molar refractivity (Wildman–Crippen MR) is 62.9 cm³/mol. The van der Waals surface area contributed by atoms with Crippen LogP contribution in [0.4, 0.5) is 0 Å². The molecule has 0 aliphatic heterocycles. The quantitative estimate of drug-likeness (QED) is 0.750. The number of rotatable bonds is 6. The largest absolute Gasteiger partial charge is 0.469 e. The number of aliphatic hydroxyl groups excluding tert-OH is 1. The first kappa shape index (κ1) is 14.2. The maximum Gasteiger partial charge on any atom is 0.310 e. The summed E-state index contributed by atoms with van der Waals surface area (Å²) in [7, 11) is 1.30. The number of amides is 1. The molecule has 0 spiro atoms. The Bertz CT molecular complexity index is 387. The fourth-order valence-electron chi connectivity index (χ4n) is 1.56. The SMILES string of the molecule is COC(=O)C(C)CN(CCO)C(=O)c1ccco1. The van der Waals surface area contributed by atoms with Crippen molar-refractivity contribution in [2.24, 2.45) is 5.92 Å². The lowest BCUT2D eigenvalue weighted by Crippen LogP contribution is -2.38. The minimum atomic E-state index is -0.458. The Balaban J connectivity index is 2.70. The Kier molecular flexibility index (Phi) is 5.38. The van der Waals surface area contributed by atoms with E-state index in [1.807, 2.05) is 0 Å². The number of esters is 1. The fourth-order valence-corrected chi connectivity index (χ4v) is 1.56. The van der Waals surface area contributed by atoms with Crippen molar-refractivity contribution in [3.63, 3.8) is 0 Å². The normalized spacial score (nSPS) is 11.9. The summed E-state index contributed by atoms with van der Waals surface area (Å²) in [6, 6.07) is 3.14. The van der Waals surface area contributed by atoms with Crippen molar-refractivity contribution in [3.05, 3.63) is 24.2 Å². The van der Waals surface area contributed by atoms with Gasteiger partial charge in [0.25, 0.3) is 5.91 Å². The number of hydrogen-bond donors (Lipinski definition) is 1. The average molecular weight is 255 g/mol.